The van der Waals surface area contributed by atoms with Crippen molar-refractivity contribution in [1.29, 1.82) is 0 Å². The first-order chi connectivity index (χ1) is 8.76. The zero-order valence-corrected chi connectivity index (χ0v) is 10.7. The third kappa shape index (κ3) is 4.13. The van der Waals surface area contributed by atoms with Crippen LogP contribution in [0.5, 0.6) is 0 Å². The zero-order valence-electron chi connectivity index (χ0n) is 10.7. The first-order valence-corrected chi connectivity index (χ1v) is 5.86. The van der Waals surface area contributed by atoms with Crippen molar-refractivity contribution < 1.29 is 18.8 Å². The van der Waals surface area contributed by atoms with E-state index >= 15 is 0 Å². The maximum Gasteiger partial charge on any atom is 0.327 e. The smallest absolute Gasteiger partial charge is 0.327 e. The van der Waals surface area contributed by atoms with Crippen molar-refractivity contribution in [3.8, 4) is 0 Å². The maximum atomic E-state index is 13.3. The standard InChI is InChI=1S/C12H16F2N2O3/c1-3-4-12(2,17)7-15-10-6-8(13)5-9(14)11(10)16(18)19/h5-6,15,17H,3-4,7H2,1-2H3. The molecule has 0 aliphatic heterocycles. The van der Waals surface area contributed by atoms with Gasteiger partial charge in [0.2, 0.25) is 5.82 Å². The van der Waals surface area contributed by atoms with E-state index in [2.05, 4.69) is 5.32 Å². The van der Waals surface area contributed by atoms with Gasteiger partial charge in [-0.15, -0.1) is 0 Å². The molecule has 0 saturated carbocycles. The Morgan fingerprint density at radius 1 is 1.47 bits per heavy atom. The van der Waals surface area contributed by atoms with Crippen LogP contribution in [0.2, 0.25) is 0 Å². The number of hydrogen-bond donors (Lipinski definition) is 2. The van der Waals surface area contributed by atoms with Crippen molar-refractivity contribution >= 4 is 11.4 Å². The number of anilines is 1. The minimum absolute atomic E-state index is 0.0371. The Kier molecular flexibility index (Phi) is 4.77. The van der Waals surface area contributed by atoms with Crippen LogP contribution in [0.1, 0.15) is 26.7 Å². The van der Waals surface area contributed by atoms with Gasteiger partial charge in [0.15, 0.2) is 0 Å². The van der Waals surface area contributed by atoms with Gasteiger partial charge in [0.05, 0.1) is 10.5 Å². The summed E-state index contributed by atoms with van der Waals surface area (Å²) < 4.78 is 26.4. The summed E-state index contributed by atoms with van der Waals surface area (Å²) in [5, 5.41) is 23.2. The second-order valence-corrected chi connectivity index (χ2v) is 4.64. The highest BCUT2D eigenvalue weighted by Crippen LogP contribution is 2.29. The molecule has 0 radical (unpaired) electrons. The van der Waals surface area contributed by atoms with E-state index in [1.165, 1.54) is 0 Å². The van der Waals surface area contributed by atoms with E-state index < -0.39 is 27.8 Å². The normalized spacial score (nSPS) is 13.9. The Morgan fingerprint density at radius 2 is 2.11 bits per heavy atom. The van der Waals surface area contributed by atoms with E-state index in [4.69, 9.17) is 0 Å². The Labute approximate surface area is 109 Å². The Bertz CT molecular complexity index is 478. The van der Waals surface area contributed by atoms with Gasteiger partial charge in [-0.2, -0.15) is 4.39 Å². The van der Waals surface area contributed by atoms with E-state index in [1.54, 1.807) is 6.92 Å². The molecule has 0 amide bonds. The summed E-state index contributed by atoms with van der Waals surface area (Å²) >= 11 is 0. The largest absolute Gasteiger partial charge is 0.388 e. The van der Waals surface area contributed by atoms with Crippen molar-refractivity contribution in [2.45, 2.75) is 32.3 Å². The van der Waals surface area contributed by atoms with Gasteiger partial charge in [0.1, 0.15) is 11.5 Å². The molecule has 0 spiro atoms. The highest BCUT2D eigenvalue weighted by Gasteiger charge is 2.25. The molecule has 1 rings (SSSR count). The predicted molar refractivity (Wildman–Crippen MR) is 67.0 cm³/mol. The SMILES string of the molecule is CCCC(C)(O)CNc1cc(F)cc(F)c1[N+](=O)[O-]. The van der Waals surface area contributed by atoms with E-state index in [9.17, 15) is 24.0 Å². The van der Waals surface area contributed by atoms with Crippen LogP contribution in [0.25, 0.3) is 0 Å². The summed E-state index contributed by atoms with van der Waals surface area (Å²) in [6, 6.07) is 1.29. The number of nitro groups is 1. The Hall–Kier alpha value is -1.76. The van der Waals surface area contributed by atoms with Crippen LogP contribution in [0.15, 0.2) is 12.1 Å². The van der Waals surface area contributed by atoms with Crippen molar-refractivity contribution in [2.75, 3.05) is 11.9 Å². The third-order valence-corrected chi connectivity index (χ3v) is 2.66. The van der Waals surface area contributed by atoms with Crippen molar-refractivity contribution in [3.05, 3.63) is 33.9 Å². The van der Waals surface area contributed by atoms with Crippen molar-refractivity contribution in [1.82, 2.24) is 0 Å². The number of nitro benzene ring substituents is 1. The third-order valence-electron chi connectivity index (χ3n) is 2.66. The van der Waals surface area contributed by atoms with Gasteiger partial charge in [-0.25, -0.2) is 4.39 Å². The second-order valence-electron chi connectivity index (χ2n) is 4.64. The summed E-state index contributed by atoms with van der Waals surface area (Å²) in [7, 11) is 0. The van der Waals surface area contributed by atoms with Crippen LogP contribution in [0.3, 0.4) is 0 Å². The molecule has 1 unspecified atom stereocenters. The summed E-state index contributed by atoms with van der Waals surface area (Å²) in [5.74, 6) is -2.16. The number of halogens is 2. The van der Waals surface area contributed by atoms with Crippen LogP contribution in [0.4, 0.5) is 20.2 Å². The monoisotopic (exact) mass is 274 g/mol. The lowest BCUT2D eigenvalue weighted by atomic mass is 10.0. The van der Waals surface area contributed by atoms with Gasteiger partial charge in [-0.3, -0.25) is 10.1 Å². The topological polar surface area (TPSA) is 75.4 Å². The van der Waals surface area contributed by atoms with Gasteiger partial charge in [-0.05, 0) is 13.3 Å². The second kappa shape index (κ2) is 5.92. The minimum atomic E-state index is -1.25. The van der Waals surface area contributed by atoms with Gasteiger partial charge in [0, 0.05) is 18.7 Å². The molecule has 106 valence electrons. The van der Waals surface area contributed by atoms with E-state index in [1.807, 2.05) is 6.92 Å². The van der Waals surface area contributed by atoms with E-state index in [0.29, 0.717) is 18.9 Å². The van der Waals surface area contributed by atoms with Crippen LogP contribution in [0, 0.1) is 21.7 Å². The molecule has 1 aromatic rings. The summed E-state index contributed by atoms with van der Waals surface area (Å²) in [5.41, 5.74) is -2.21. The maximum absolute atomic E-state index is 13.3. The number of aliphatic hydroxyl groups is 1. The highest BCUT2D eigenvalue weighted by molar-refractivity contribution is 5.62. The summed E-state index contributed by atoms with van der Waals surface area (Å²) in [4.78, 5) is 9.82. The molecular weight excluding hydrogens is 258 g/mol. The Morgan fingerprint density at radius 3 is 2.63 bits per heavy atom. The molecule has 0 fully saturated rings. The molecule has 5 nitrogen and oxygen atoms in total. The highest BCUT2D eigenvalue weighted by atomic mass is 19.1. The molecule has 1 atom stereocenters. The molecule has 19 heavy (non-hydrogen) atoms. The lowest BCUT2D eigenvalue weighted by molar-refractivity contribution is -0.386. The van der Waals surface area contributed by atoms with Crippen LogP contribution in [-0.2, 0) is 0 Å². The number of nitrogens with zero attached hydrogens (tertiary/aromatic N) is 1. The molecule has 0 aliphatic rings. The van der Waals surface area contributed by atoms with E-state index in [0.717, 1.165) is 6.07 Å². The first kappa shape index (κ1) is 15.3. The molecule has 0 aromatic heterocycles. The summed E-state index contributed by atoms with van der Waals surface area (Å²) in [6.45, 7) is 3.38. The molecule has 1 aromatic carbocycles. The average molecular weight is 274 g/mol. The predicted octanol–water partition coefficient (Wildman–Crippen LogP) is 2.84. The average Bonchev–Trinajstić information content (AvgIpc) is 2.24. The number of rotatable bonds is 6. The lowest BCUT2D eigenvalue weighted by Gasteiger charge is -2.23. The minimum Gasteiger partial charge on any atom is -0.388 e. The molecule has 7 heteroatoms. The quantitative estimate of drug-likeness (QED) is 0.618. The fourth-order valence-corrected chi connectivity index (χ4v) is 1.80. The zero-order chi connectivity index (χ0) is 14.6. The van der Waals surface area contributed by atoms with Gasteiger partial charge in [0.25, 0.3) is 0 Å². The van der Waals surface area contributed by atoms with Gasteiger partial charge >= 0.3 is 5.69 Å². The van der Waals surface area contributed by atoms with Gasteiger partial charge in [-0.1, -0.05) is 13.3 Å². The molecule has 0 aliphatic carbocycles. The van der Waals surface area contributed by atoms with Gasteiger partial charge < -0.3 is 10.4 Å². The van der Waals surface area contributed by atoms with E-state index in [-0.39, 0.29) is 12.2 Å². The molecule has 0 bridgehead atoms. The van der Waals surface area contributed by atoms with Crippen molar-refractivity contribution in [2.24, 2.45) is 0 Å². The molecule has 2 N–H and O–H groups in total. The molecule has 0 saturated heterocycles. The number of nitrogens with one attached hydrogen (secondary N) is 1. The van der Waals surface area contributed by atoms with Crippen LogP contribution < -0.4 is 5.32 Å². The number of hydrogen-bond acceptors (Lipinski definition) is 4. The van der Waals surface area contributed by atoms with Crippen LogP contribution in [-0.4, -0.2) is 22.2 Å². The number of benzene rings is 1. The fourth-order valence-electron chi connectivity index (χ4n) is 1.80. The van der Waals surface area contributed by atoms with Crippen molar-refractivity contribution in [3.63, 3.8) is 0 Å². The molecular formula is C12H16F2N2O3. The van der Waals surface area contributed by atoms with Crippen LogP contribution >= 0.6 is 0 Å². The summed E-state index contributed by atoms with van der Waals surface area (Å²) in [6.07, 6.45) is 1.18. The Balaban J connectivity index is 2.97. The first-order valence-electron chi connectivity index (χ1n) is 5.86. The lowest BCUT2D eigenvalue weighted by Crippen LogP contribution is -2.33. The molecule has 0 heterocycles. The fraction of sp³-hybridized carbons (Fsp3) is 0.500.